The molecule has 1 aromatic heterocycles. The minimum atomic E-state index is -0.135. The Morgan fingerprint density at radius 3 is 2.27 bits per heavy atom. The molecule has 1 amide bonds. The van der Waals surface area contributed by atoms with Crippen LogP contribution in [0.4, 0.5) is 5.69 Å². The monoisotopic (exact) mass is 457 g/mol. The summed E-state index contributed by atoms with van der Waals surface area (Å²) in [6.07, 6.45) is 0. The molecule has 0 atom stereocenters. The molecular weight excluding hydrogens is 430 g/mol. The van der Waals surface area contributed by atoms with Crippen molar-refractivity contribution in [1.29, 1.82) is 0 Å². The zero-order chi connectivity index (χ0) is 23.5. The Morgan fingerprint density at radius 2 is 1.61 bits per heavy atom. The zero-order valence-electron chi connectivity index (χ0n) is 19.3. The van der Waals surface area contributed by atoms with Crippen LogP contribution in [0.3, 0.4) is 0 Å². The van der Waals surface area contributed by atoms with Gasteiger partial charge in [-0.15, -0.1) is 0 Å². The van der Waals surface area contributed by atoms with Gasteiger partial charge >= 0.3 is 0 Å². The summed E-state index contributed by atoms with van der Waals surface area (Å²) in [5.41, 5.74) is 4.23. The molecule has 0 aliphatic rings. The molecule has 0 fully saturated rings. The molecule has 0 N–H and O–H groups in total. The van der Waals surface area contributed by atoms with Gasteiger partial charge in [0.05, 0.1) is 22.3 Å². The molecule has 0 radical (unpaired) electrons. The number of amides is 1. The fourth-order valence-electron chi connectivity index (χ4n) is 4.03. The molecule has 6 heteroatoms. The largest absolute Gasteiger partial charge is 0.309 e. The standard InChI is InChI=1S/C27H27N3O2S/c1-18(2)29(21-10-6-5-7-11-21)25(31)17-33-27-28-24-13-9-8-12-23(24)26(32)30(27)22-15-19(3)14-20(4)16-22/h5-16,18H,17H2,1-4H3. The van der Waals surface area contributed by atoms with E-state index >= 15 is 0 Å². The summed E-state index contributed by atoms with van der Waals surface area (Å²) in [4.78, 5) is 33.3. The summed E-state index contributed by atoms with van der Waals surface area (Å²) in [5, 5.41) is 1.06. The van der Waals surface area contributed by atoms with Crippen molar-refractivity contribution < 1.29 is 4.79 Å². The highest BCUT2D eigenvalue weighted by Crippen LogP contribution is 2.25. The van der Waals surface area contributed by atoms with E-state index in [2.05, 4.69) is 6.07 Å². The van der Waals surface area contributed by atoms with Gasteiger partial charge in [-0.25, -0.2) is 4.98 Å². The van der Waals surface area contributed by atoms with Crippen LogP contribution in [0.2, 0.25) is 0 Å². The maximum Gasteiger partial charge on any atom is 0.266 e. The average molecular weight is 458 g/mol. The number of rotatable bonds is 6. The summed E-state index contributed by atoms with van der Waals surface area (Å²) in [6, 6.07) is 23.0. The molecular formula is C27H27N3O2S. The SMILES string of the molecule is Cc1cc(C)cc(-n2c(SCC(=O)N(c3ccccc3)C(C)C)nc3ccccc3c2=O)c1. The number of para-hydroxylation sites is 2. The summed E-state index contributed by atoms with van der Waals surface area (Å²) < 4.78 is 1.63. The molecule has 33 heavy (non-hydrogen) atoms. The third kappa shape index (κ3) is 4.86. The molecule has 168 valence electrons. The number of benzene rings is 3. The van der Waals surface area contributed by atoms with Crippen molar-refractivity contribution in [2.45, 2.75) is 38.9 Å². The predicted octanol–water partition coefficient (Wildman–Crippen LogP) is 5.54. The van der Waals surface area contributed by atoms with Gasteiger partial charge in [-0.05, 0) is 75.2 Å². The number of hydrogen-bond acceptors (Lipinski definition) is 4. The smallest absolute Gasteiger partial charge is 0.266 e. The predicted molar refractivity (Wildman–Crippen MR) is 137 cm³/mol. The van der Waals surface area contributed by atoms with E-state index in [0.29, 0.717) is 16.1 Å². The lowest BCUT2D eigenvalue weighted by atomic mass is 10.1. The Morgan fingerprint density at radius 1 is 0.970 bits per heavy atom. The van der Waals surface area contributed by atoms with Gasteiger partial charge < -0.3 is 4.90 Å². The minimum Gasteiger partial charge on any atom is -0.309 e. The molecule has 0 saturated heterocycles. The molecule has 1 heterocycles. The first-order chi connectivity index (χ1) is 15.8. The summed E-state index contributed by atoms with van der Waals surface area (Å²) in [5.74, 6) is 0.137. The summed E-state index contributed by atoms with van der Waals surface area (Å²) >= 11 is 1.29. The van der Waals surface area contributed by atoms with E-state index in [4.69, 9.17) is 4.98 Å². The molecule has 4 rings (SSSR count). The van der Waals surface area contributed by atoms with Crippen LogP contribution in [0.5, 0.6) is 0 Å². The second kappa shape index (κ2) is 9.63. The number of carbonyl (C=O) groups is 1. The van der Waals surface area contributed by atoms with E-state index in [1.807, 2.05) is 88.4 Å². The van der Waals surface area contributed by atoms with Crippen molar-refractivity contribution in [3.05, 3.63) is 94.3 Å². The second-order valence-corrected chi connectivity index (χ2v) is 9.32. The number of nitrogens with zero attached hydrogens (tertiary/aromatic N) is 3. The molecule has 0 aliphatic heterocycles. The second-order valence-electron chi connectivity index (χ2n) is 8.38. The fourth-order valence-corrected chi connectivity index (χ4v) is 4.90. The van der Waals surface area contributed by atoms with Gasteiger partial charge in [-0.1, -0.05) is 48.2 Å². The molecule has 4 aromatic rings. The van der Waals surface area contributed by atoms with Crippen LogP contribution in [0.15, 0.2) is 82.7 Å². The van der Waals surface area contributed by atoms with Gasteiger partial charge in [0.2, 0.25) is 5.91 Å². The number of anilines is 1. The van der Waals surface area contributed by atoms with Gasteiger partial charge in [0, 0.05) is 11.7 Å². The Hall–Kier alpha value is -3.38. The Balaban J connectivity index is 1.75. The first-order valence-corrected chi connectivity index (χ1v) is 11.9. The Labute approximate surface area is 198 Å². The third-order valence-electron chi connectivity index (χ3n) is 5.35. The van der Waals surface area contributed by atoms with Crippen LogP contribution in [-0.4, -0.2) is 27.3 Å². The van der Waals surface area contributed by atoms with E-state index in [9.17, 15) is 9.59 Å². The van der Waals surface area contributed by atoms with E-state index in [0.717, 1.165) is 22.5 Å². The molecule has 5 nitrogen and oxygen atoms in total. The zero-order valence-corrected chi connectivity index (χ0v) is 20.1. The van der Waals surface area contributed by atoms with Crippen LogP contribution in [0, 0.1) is 13.8 Å². The van der Waals surface area contributed by atoms with Crippen LogP contribution in [0.1, 0.15) is 25.0 Å². The van der Waals surface area contributed by atoms with E-state index < -0.39 is 0 Å². The van der Waals surface area contributed by atoms with E-state index in [1.54, 1.807) is 15.5 Å². The van der Waals surface area contributed by atoms with Gasteiger partial charge in [-0.3, -0.25) is 14.2 Å². The van der Waals surface area contributed by atoms with Crippen molar-refractivity contribution in [3.63, 3.8) is 0 Å². The molecule has 0 bridgehead atoms. The summed E-state index contributed by atoms with van der Waals surface area (Å²) in [6.45, 7) is 8.00. The summed E-state index contributed by atoms with van der Waals surface area (Å²) in [7, 11) is 0. The van der Waals surface area contributed by atoms with Crippen molar-refractivity contribution >= 4 is 34.3 Å². The lowest BCUT2D eigenvalue weighted by molar-refractivity contribution is -0.116. The topological polar surface area (TPSA) is 55.2 Å². The molecule has 3 aromatic carbocycles. The fraction of sp³-hybridized carbons (Fsp3) is 0.222. The first-order valence-electron chi connectivity index (χ1n) is 11.0. The minimum absolute atomic E-state index is 0.00618. The molecule has 0 aliphatic carbocycles. The average Bonchev–Trinajstić information content (AvgIpc) is 2.77. The van der Waals surface area contributed by atoms with Crippen molar-refractivity contribution in [1.82, 2.24) is 9.55 Å². The van der Waals surface area contributed by atoms with Gasteiger partial charge in [0.1, 0.15) is 0 Å². The van der Waals surface area contributed by atoms with Gasteiger partial charge in [0.25, 0.3) is 5.56 Å². The number of carbonyl (C=O) groups excluding carboxylic acids is 1. The molecule has 0 unspecified atom stereocenters. The molecule has 0 saturated carbocycles. The number of hydrogen-bond donors (Lipinski definition) is 0. The highest BCUT2D eigenvalue weighted by atomic mass is 32.2. The molecule has 0 spiro atoms. The maximum atomic E-state index is 13.5. The van der Waals surface area contributed by atoms with Crippen molar-refractivity contribution in [3.8, 4) is 5.69 Å². The van der Waals surface area contributed by atoms with Crippen LogP contribution >= 0.6 is 11.8 Å². The number of aryl methyl sites for hydroxylation is 2. The lowest BCUT2D eigenvalue weighted by Crippen LogP contribution is -2.38. The Bertz CT molecular complexity index is 1340. The van der Waals surface area contributed by atoms with E-state index in [1.165, 1.54) is 11.8 Å². The highest BCUT2D eigenvalue weighted by Gasteiger charge is 2.21. The normalized spacial score (nSPS) is 11.2. The third-order valence-corrected chi connectivity index (χ3v) is 6.28. The van der Waals surface area contributed by atoms with Crippen molar-refractivity contribution in [2.24, 2.45) is 0 Å². The number of thioether (sulfide) groups is 1. The van der Waals surface area contributed by atoms with Crippen LogP contribution in [0.25, 0.3) is 16.6 Å². The first kappa shape index (κ1) is 22.8. The number of aromatic nitrogens is 2. The quantitative estimate of drug-likeness (QED) is 0.282. The van der Waals surface area contributed by atoms with Gasteiger partial charge in [0.15, 0.2) is 5.16 Å². The Kier molecular flexibility index (Phi) is 6.65. The van der Waals surface area contributed by atoms with Gasteiger partial charge in [-0.2, -0.15) is 0 Å². The van der Waals surface area contributed by atoms with Crippen molar-refractivity contribution in [2.75, 3.05) is 10.7 Å². The number of fused-ring (bicyclic) bond motifs is 1. The lowest BCUT2D eigenvalue weighted by Gasteiger charge is -2.27. The van der Waals surface area contributed by atoms with E-state index in [-0.39, 0.29) is 23.3 Å². The highest BCUT2D eigenvalue weighted by molar-refractivity contribution is 7.99. The van der Waals surface area contributed by atoms with Crippen LogP contribution in [-0.2, 0) is 4.79 Å². The maximum absolute atomic E-state index is 13.5. The van der Waals surface area contributed by atoms with Crippen LogP contribution < -0.4 is 10.5 Å².